The predicted molar refractivity (Wildman–Crippen MR) is 86.2 cm³/mol. The molecule has 25 heavy (non-hydrogen) atoms. The lowest BCUT2D eigenvalue weighted by Crippen LogP contribution is -2.50. The first-order valence-electron chi connectivity index (χ1n) is 8.13. The Labute approximate surface area is 144 Å². The van der Waals surface area contributed by atoms with Crippen LogP contribution in [0.4, 0.5) is 13.6 Å². The van der Waals surface area contributed by atoms with Gasteiger partial charge in [0.25, 0.3) is 11.8 Å². The number of carbonyl (C=O) groups is 2. The van der Waals surface area contributed by atoms with E-state index >= 15 is 0 Å². The highest BCUT2D eigenvalue weighted by Gasteiger charge is 2.43. The first kappa shape index (κ1) is 19.1. The van der Waals surface area contributed by atoms with Crippen molar-refractivity contribution in [2.75, 3.05) is 19.6 Å². The summed E-state index contributed by atoms with van der Waals surface area (Å²) in [5.74, 6) is -3.64. The van der Waals surface area contributed by atoms with E-state index in [1.54, 1.807) is 4.68 Å². The molecule has 2 heterocycles. The molecule has 0 unspecified atom stereocenters. The van der Waals surface area contributed by atoms with Crippen LogP contribution in [0.15, 0.2) is 6.20 Å². The van der Waals surface area contributed by atoms with Crippen molar-refractivity contribution in [1.29, 1.82) is 0 Å². The average Bonchev–Trinajstić information content (AvgIpc) is 3.02. The number of nitrogens with zero attached hydrogens (tertiary/aromatic N) is 4. The number of hydrogen-bond acceptors (Lipinski definition) is 4. The largest absolute Gasteiger partial charge is 0.364 e. The summed E-state index contributed by atoms with van der Waals surface area (Å²) in [6.07, 6.45) is 2.65. The summed E-state index contributed by atoms with van der Waals surface area (Å²) in [6, 6.07) is -0.514. The highest BCUT2D eigenvalue weighted by Crippen LogP contribution is 2.34. The number of primary amides is 1. The lowest BCUT2D eigenvalue weighted by atomic mass is 9.88. The van der Waals surface area contributed by atoms with Crippen molar-refractivity contribution in [2.24, 2.45) is 11.1 Å². The molecule has 140 valence electrons. The smallest absolute Gasteiger partial charge is 0.317 e. The van der Waals surface area contributed by atoms with Crippen molar-refractivity contribution in [2.45, 2.75) is 45.6 Å². The van der Waals surface area contributed by atoms with Crippen molar-refractivity contribution in [3.63, 3.8) is 0 Å². The number of piperidine rings is 1. The lowest BCUT2D eigenvalue weighted by molar-refractivity contribution is -0.0917. The first-order chi connectivity index (χ1) is 11.5. The van der Waals surface area contributed by atoms with Crippen LogP contribution < -0.4 is 11.1 Å². The number of aromatic nitrogens is 3. The maximum absolute atomic E-state index is 13.9. The standard InChI is InChI=1S/C15H24F2N6O2/c1-14(2,3)15(16,17)9-19-13(25)22-6-4-10(5-7-22)23-8-11(12(18)24)20-21-23/h8,10H,4-7,9H2,1-3H3,(H2,18,24)(H,19,25). The van der Waals surface area contributed by atoms with Gasteiger partial charge in [-0.2, -0.15) is 0 Å². The number of amides is 3. The van der Waals surface area contributed by atoms with Gasteiger partial charge in [0.05, 0.1) is 18.8 Å². The third-order valence-electron chi connectivity index (χ3n) is 4.45. The molecule has 2 rings (SSSR count). The van der Waals surface area contributed by atoms with Crippen LogP contribution in [0.3, 0.4) is 0 Å². The van der Waals surface area contributed by atoms with Crippen molar-refractivity contribution in [3.8, 4) is 0 Å². The minimum atomic E-state index is -2.99. The van der Waals surface area contributed by atoms with Gasteiger partial charge >= 0.3 is 6.03 Å². The molecule has 1 aromatic heterocycles. The number of halogens is 2. The molecule has 1 fully saturated rings. The third kappa shape index (κ3) is 4.43. The molecule has 1 aromatic rings. The predicted octanol–water partition coefficient (Wildman–Crippen LogP) is 1.40. The summed E-state index contributed by atoms with van der Waals surface area (Å²) in [6.45, 7) is 4.42. The molecule has 3 N–H and O–H groups in total. The van der Waals surface area contributed by atoms with E-state index < -0.39 is 29.8 Å². The van der Waals surface area contributed by atoms with Gasteiger partial charge in [-0.05, 0) is 12.8 Å². The summed E-state index contributed by atoms with van der Waals surface area (Å²) >= 11 is 0. The maximum atomic E-state index is 13.9. The van der Waals surface area contributed by atoms with Crippen molar-refractivity contribution < 1.29 is 18.4 Å². The highest BCUT2D eigenvalue weighted by molar-refractivity contribution is 5.90. The highest BCUT2D eigenvalue weighted by atomic mass is 19.3. The second-order valence-electron chi connectivity index (χ2n) is 7.28. The van der Waals surface area contributed by atoms with E-state index in [1.807, 2.05) is 0 Å². The number of hydrogen-bond donors (Lipinski definition) is 2. The van der Waals surface area contributed by atoms with Crippen LogP contribution in [0.5, 0.6) is 0 Å². The normalized spacial score (nSPS) is 16.8. The zero-order chi connectivity index (χ0) is 18.8. The number of rotatable bonds is 4. The van der Waals surface area contributed by atoms with Crippen LogP contribution in [0.1, 0.15) is 50.1 Å². The molecule has 0 saturated carbocycles. The summed E-state index contributed by atoms with van der Waals surface area (Å²) in [5.41, 5.74) is 4.00. The fourth-order valence-corrected chi connectivity index (χ4v) is 2.47. The minimum absolute atomic E-state index is 0.0133. The third-order valence-corrected chi connectivity index (χ3v) is 4.45. The molecule has 0 aliphatic carbocycles. The Balaban J connectivity index is 1.85. The summed E-state index contributed by atoms with van der Waals surface area (Å²) in [5, 5.41) is 9.87. The molecule has 0 bridgehead atoms. The van der Waals surface area contributed by atoms with Crippen molar-refractivity contribution in [3.05, 3.63) is 11.9 Å². The van der Waals surface area contributed by atoms with E-state index in [2.05, 4.69) is 15.6 Å². The molecular weight excluding hydrogens is 334 g/mol. The molecule has 0 atom stereocenters. The van der Waals surface area contributed by atoms with Gasteiger partial charge in [0.15, 0.2) is 5.69 Å². The van der Waals surface area contributed by atoms with Crippen LogP contribution in [-0.4, -0.2) is 57.4 Å². The minimum Gasteiger partial charge on any atom is -0.364 e. The Bertz CT molecular complexity index is 632. The number of likely N-dealkylation sites (tertiary alicyclic amines) is 1. The van der Waals surface area contributed by atoms with E-state index in [0.717, 1.165) is 0 Å². The monoisotopic (exact) mass is 358 g/mol. The van der Waals surface area contributed by atoms with Gasteiger partial charge in [0.1, 0.15) is 0 Å². The number of nitrogens with one attached hydrogen (secondary N) is 1. The van der Waals surface area contributed by atoms with Crippen molar-refractivity contribution >= 4 is 11.9 Å². The van der Waals surface area contributed by atoms with E-state index in [0.29, 0.717) is 25.9 Å². The molecule has 3 amide bonds. The molecule has 1 aliphatic heterocycles. The Hall–Kier alpha value is -2.26. The van der Waals surface area contributed by atoms with E-state index in [4.69, 9.17) is 5.73 Å². The zero-order valence-corrected chi connectivity index (χ0v) is 14.6. The molecule has 10 heteroatoms. The van der Waals surface area contributed by atoms with Gasteiger partial charge in [0.2, 0.25) is 0 Å². The van der Waals surface area contributed by atoms with Gasteiger partial charge in [-0.1, -0.05) is 26.0 Å². The van der Waals surface area contributed by atoms with Gasteiger partial charge in [-0.25, -0.2) is 18.3 Å². The fourth-order valence-electron chi connectivity index (χ4n) is 2.47. The summed E-state index contributed by atoms with van der Waals surface area (Å²) in [4.78, 5) is 24.6. The average molecular weight is 358 g/mol. The Kier molecular flexibility index (Phi) is 5.28. The van der Waals surface area contributed by atoms with E-state index in [9.17, 15) is 18.4 Å². The van der Waals surface area contributed by atoms with Crippen LogP contribution in [0, 0.1) is 5.41 Å². The first-order valence-corrected chi connectivity index (χ1v) is 8.13. The SMILES string of the molecule is CC(C)(C)C(F)(F)CNC(=O)N1CCC(n2cc(C(N)=O)nn2)CC1. The molecule has 1 saturated heterocycles. The van der Waals surface area contributed by atoms with Crippen LogP contribution in [0.2, 0.25) is 0 Å². The Morgan fingerprint density at radius 1 is 1.32 bits per heavy atom. The van der Waals surface area contributed by atoms with Gasteiger partial charge in [-0.15, -0.1) is 5.10 Å². The van der Waals surface area contributed by atoms with Gasteiger partial charge in [-0.3, -0.25) is 4.79 Å². The topological polar surface area (TPSA) is 106 Å². The maximum Gasteiger partial charge on any atom is 0.317 e. The quantitative estimate of drug-likeness (QED) is 0.848. The molecule has 0 radical (unpaired) electrons. The van der Waals surface area contributed by atoms with Gasteiger partial charge in [0, 0.05) is 18.5 Å². The van der Waals surface area contributed by atoms with Crippen LogP contribution in [0.25, 0.3) is 0 Å². The molecule has 1 aliphatic rings. The zero-order valence-electron chi connectivity index (χ0n) is 14.6. The van der Waals surface area contributed by atoms with E-state index in [-0.39, 0.29) is 11.7 Å². The number of urea groups is 1. The molecule has 8 nitrogen and oxygen atoms in total. The Morgan fingerprint density at radius 3 is 2.40 bits per heavy atom. The second kappa shape index (κ2) is 6.93. The Morgan fingerprint density at radius 2 is 1.92 bits per heavy atom. The molecule has 0 spiro atoms. The number of nitrogens with two attached hydrogens (primary N) is 1. The number of alkyl halides is 2. The van der Waals surface area contributed by atoms with Crippen LogP contribution >= 0.6 is 0 Å². The molecule has 0 aromatic carbocycles. The van der Waals surface area contributed by atoms with Gasteiger partial charge < -0.3 is 16.0 Å². The summed E-state index contributed by atoms with van der Waals surface area (Å²) in [7, 11) is 0. The number of carbonyl (C=O) groups excluding carboxylic acids is 2. The molecular formula is C15H24F2N6O2. The second-order valence-corrected chi connectivity index (χ2v) is 7.28. The van der Waals surface area contributed by atoms with Crippen molar-refractivity contribution in [1.82, 2.24) is 25.2 Å². The lowest BCUT2D eigenvalue weighted by Gasteiger charge is -2.34. The van der Waals surface area contributed by atoms with Crippen LogP contribution in [-0.2, 0) is 0 Å². The fraction of sp³-hybridized carbons (Fsp3) is 0.733. The van der Waals surface area contributed by atoms with E-state index in [1.165, 1.54) is 31.9 Å². The summed E-state index contributed by atoms with van der Waals surface area (Å²) < 4.78 is 29.4.